The monoisotopic (exact) mass is 238 g/mol. The molecule has 1 saturated heterocycles. The van der Waals surface area contributed by atoms with Gasteiger partial charge in [0.2, 0.25) is 5.91 Å². The molecule has 0 aromatic heterocycles. The van der Waals surface area contributed by atoms with Crippen molar-refractivity contribution >= 4 is 5.91 Å². The zero-order chi connectivity index (χ0) is 12.1. The Kier molecular flexibility index (Phi) is 4.84. The van der Waals surface area contributed by atoms with Crippen LogP contribution in [0.3, 0.4) is 0 Å². The Balaban J connectivity index is 1.63. The second kappa shape index (κ2) is 6.39. The van der Waals surface area contributed by atoms with Gasteiger partial charge in [0.15, 0.2) is 0 Å². The quantitative estimate of drug-likeness (QED) is 0.787. The lowest BCUT2D eigenvalue weighted by Gasteiger charge is -2.28. The largest absolute Gasteiger partial charge is 0.355 e. The Bertz CT molecular complexity index is 249. The SMILES string of the molecule is CC1CCCCC1CCNC(=O)C1CCCN1. The van der Waals surface area contributed by atoms with Crippen LogP contribution in [0.15, 0.2) is 0 Å². The van der Waals surface area contributed by atoms with Crippen molar-refractivity contribution < 1.29 is 4.79 Å². The number of hydrogen-bond donors (Lipinski definition) is 2. The molecule has 1 saturated carbocycles. The van der Waals surface area contributed by atoms with Crippen LogP contribution in [-0.4, -0.2) is 25.0 Å². The first kappa shape index (κ1) is 12.9. The summed E-state index contributed by atoms with van der Waals surface area (Å²) < 4.78 is 0. The van der Waals surface area contributed by atoms with E-state index in [-0.39, 0.29) is 11.9 Å². The van der Waals surface area contributed by atoms with Gasteiger partial charge in [0.25, 0.3) is 0 Å². The number of hydrogen-bond acceptors (Lipinski definition) is 2. The highest BCUT2D eigenvalue weighted by atomic mass is 16.2. The van der Waals surface area contributed by atoms with Gasteiger partial charge in [0.05, 0.1) is 6.04 Å². The standard InChI is InChI=1S/C14H26N2O/c1-11-5-2-3-6-12(11)8-10-16-14(17)13-7-4-9-15-13/h11-13,15H,2-10H2,1H3,(H,16,17). The van der Waals surface area contributed by atoms with Crippen LogP contribution in [0.1, 0.15) is 51.9 Å². The number of carbonyl (C=O) groups excluding carboxylic acids is 1. The van der Waals surface area contributed by atoms with Crippen LogP contribution < -0.4 is 10.6 Å². The molecule has 0 radical (unpaired) electrons. The number of rotatable bonds is 4. The molecule has 3 unspecified atom stereocenters. The molecule has 17 heavy (non-hydrogen) atoms. The lowest BCUT2D eigenvalue weighted by Crippen LogP contribution is -2.41. The Morgan fingerprint density at radius 2 is 2.06 bits per heavy atom. The molecule has 2 fully saturated rings. The van der Waals surface area contributed by atoms with E-state index in [4.69, 9.17) is 0 Å². The molecule has 98 valence electrons. The van der Waals surface area contributed by atoms with Crippen LogP contribution in [0.2, 0.25) is 0 Å². The van der Waals surface area contributed by atoms with Crippen molar-refractivity contribution in [3.63, 3.8) is 0 Å². The molecule has 0 aromatic carbocycles. The first-order chi connectivity index (χ1) is 8.27. The van der Waals surface area contributed by atoms with E-state index in [1.165, 1.54) is 32.1 Å². The average Bonchev–Trinajstić information content (AvgIpc) is 2.85. The molecular formula is C14H26N2O. The molecular weight excluding hydrogens is 212 g/mol. The normalized spacial score (nSPS) is 33.6. The van der Waals surface area contributed by atoms with Crippen LogP contribution >= 0.6 is 0 Å². The molecule has 3 atom stereocenters. The molecule has 1 heterocycles. The third-order valence-corrected chi connectivity index (χ3v) is 4.48. The van der Waals surface area contributed by atoms with E-state index in [1.807, 2.05) is 0 Å². The molecule has 1 aliphatic heterocycles. The zero-order valence-corrected chi connectivity index (χ0v) is 11.0. The van der Waals surface area contributed by atoms with Crippen molar-refractivity contribution in [2.45, 2.75) is 57.9 Å². The van der Waals surface area contributed by atoms with E-state index in [0.717, 1.165) is 37.8 Å². The number of carbonyl (C=O) groups is 1. The van der Waals surface area contributed by atoms with Gasteiger partial charge >= 0.3 is 0 Å². The van der Waals surface area contributed by atoms with Gasteiger partial charge < -0.3 is 10.6 Å². The van der Waals surface area contributed by atoms with Crippen LogP contribution in [0.5, 0.6) is 0 Å². The summed E-state index contributed by atoms with van der Waals surface area (Å²) in [4.78, 5) is 11.8. The van der Waals surface area contributed by atoms with Gasteiger partial charge in [0.1, 0.15) is 0 Å². The topological polar surface area (TPSA) is 41.1 Å². The second-order valence-electron chi connectivity index (χ2n) is 5.75. The molecule has 2 N–H and O–H groups in total. The maximum absolute atomic E-state index is 11.8. The molecule has 3 heteroatoms. The van der Waals surface area contributed by atoms with Gasteiger partial charge in [-0.1, -0.05) is 32.6 Å². The van der Waals surface area contributed by atoms with Crippen LogP contribution in [0.4, 0.5) is 0 Å². The van der Waals surface area contributed by atoms with Crippen molar-refractivity contribution in [2.24, 2.45) is 11.8 Å². The molecule has 0 aromatic rings. The second-order valence-corrected chi connectivity index (χ2v) is 5.75. The predicted molar refractivity (Wildman–Crippen MR) is 69.8 cm³/mol. The molecule has 1 aliphatic carbocycles. The van der Waals surface area contributed by atoms with Gasteiger partial charge in [-0.15, -0.1) is 0 Å². The molecule has 2 rings (SSSR count). The van der Waals surface area contributed by atoms with Crippen LogP contribution in [-0.2, 0) is 4.79 Å². The summed E-state index contributed by atoms with van der Waals surface area (Å²) >= 11 is 0. The first-order valence-electron chi connectivity index (χ1n) is 7.28. The van der Waals surface area contributed by atoms with E-state index in [0.29, 0.717) is 0 Å². The highest BCUT2D eigenvalue weighted by molar-refractivity contribution is 5.81. The Hall–Kier alpha value is -0.570. The number of nitrogens with one attached hydrogen (secondary N) is 2. The smallest absolute Gasteiger partial charge is 0.237 e. The van der Waals surface area contributed by atoms with Crippen molar-refractivity contribution in [2.75, 3.05) is 13.1 Å². The van der Waals surface area contributed by atoms with Crippen LogP contribution in [0.25, 0.3) is 0 Å². The molecule has 2 aliphatic rings. The summed E-state index contributed by atoms with van der Waals surface area (Å²) in [5, 5.41) is 6.33. The average molecular weight is 238 g/mol. The van der Waals surface area contributed by atoms with Crippen LogP contribution in [0, 0.1) is 11.8 Å². The van der Waals surface area contributed by atoms with E-state index in [2.05, 4.69) is 17.6 Å². The summed E-state index contributed by atoms with van der Waals surface area (Å²) in [5.74, 6) is 1.90. The van der Waals surface area contributed by atoms with Gasteiger partial charge in [-0.05, 0) is 37.6 Å². The summed E-state index contributed by atoms with van der Waals surface area (Å²) in [6, 6.07) is 0.0822. The predicted octanol–water partition coefficient (Wildman–Crippen LogP) is 2.07. The first-order valence-corrected chi connectivity index (χ1v) is 7.28. The van der Waals surface area contributed by atoms with Gasteiger partial charge in [0, 0.05) is 6.54 Å². The van der Waals surface area contributed by atoms with E-state index < -0.39 is 0 Å². The third-order valence-electron chi connectivity index (χ3n) is 4.48. The van der Waals surface area contributed by atoms with Crippen molar-refractivity contribution in [1.82, 2.24) is 10.6 Å². The zero-order valence-electron chi connectivity index (χ0n) is 11.0. The van der Waals surface area contributed by atoms with Crippen molar-refractivity contribution in [3.05, 3.63) is 0 Å². The lowest BCUT2D eigenvalue weighted by atomic mass is 9.79. The summed E-state index contributed by atoms with van der Waals surface area (Å²) in [6.45, 7) is 4.23. The van der Waals surface area contributed by atoms with Crippen molar-refractivity contribution in [1.29, 1.82) is 0 Å². The van der Waals surface area contributed by atoms with E-state index in [9.17, 15) is 4.79 Å². The van der Waals surface area contributed by atoms with Gasteiger partial charge in [-0.3, -0.25) is 4.79 Å². The minimum absolute atomic E-state index is 0.0822. The molecule has 3 nitrogen and oxygen atoms in total. The minimum Gasteiger partial charge on any atom is -0.355 e. The minimum atomic E-state index is 0.0822. The highest BCUT2D eigenvalue weighted by Crippen LogP contribution is 2.31. The van der Waals surface area contributed by atoms with E-state index >= 15 is 0 Å². The molecule has 0 spiro atoms. The van der Waals surface area contributed by atoms with E-state index in [1.54, 1.807) is 0 Å². The molecule has 1 amide bonds. The van der Waals surface area contributed by atoms with Crippen molar-refractivity contribution in [3.8, 4) is 0 Å². The Labute approximate surface area is 105 Å². The summed E-state index contributed by atoms with van der Waals surface area (Å²) in [7, 11) is 0. The maximum atomic E-state index is 11.8. The number of amides is 1. The summed E-state index contributed by atoms with van der Waals surface area (Å²) in [6.07, 6.45) is 8.83. The third kappa shape index (κ3) is 3.70. The fourth-order valence-corrected chi connectivity index (χ4v) is 3.23. The summed E-state index contributed by atoms with van der Waals surface area (Å²) in [5.41, 5.74) is 0. The Morgan fingerprint density at radius 1 is 1.24 bits per heavy atom. The van der Waals surface area contributed by atoms with Gasteiger partial charge in [-0.2, -0.15) is 0 Å². The fourth-order valence-electron chi connectivity index (χ4n) is 3.23. The fraction of sp³-hybridized carbons (Fsp3) is 0.929. The van der Waals surface area contributed by atoms with Gasteiger partial charge in [-0.25, -0.2) is 0 Å². The molecule has 0 bridgehead atoms. The highest BCUT2D eigenvalue weighted by Gasteiger charge is 2.23. The Morgan fingerprint density at radius 3 is 2.76 bits per heavy atom. The lowest BCUT2D eigenvalue weighted by molar-refractivity contribution is -0.122. The maximum Gasteiger partial charge on any atom is 0.237 e.